The molecule has 1 unspecified atom stereocenters. The average Bonchev–Trinajstić information content (AvgIpc) is 3.33. The van der Waals surface area contributed by atoms with Crippen molar-refractivity contribution in [3.05, 3.63) is 47.7 Å². The van der Waals surface area contributed by atoms with Gasteiger partial charge in [0.2, 0.25) is 11.8 Å². The lowest BCUT2D eigenvalue weighted by Crippen LogP contribution is -2.52. The Morgan fingerprint density at radius 2 is 1.93 bits per heavy atom. The van der Waals surface area contributed by atoms with E-state index in [4.69, 9.17) is 0 Å². The Bertz CT molecular complexity index is 926. The Kier molecular flexibility index (Phi) is 4.66. The van der Waals surface area contributed by atoms with Crippen molar-refractivity contribution < 1.29 is 9.59 Å². The van der Waals surface area contributed by atoms with E-state index in [1.54, 1.807) is 4.90 Å². The molecule has 29 heavy (non-hydrogen) atoms. The predicted molar refractivity (Wildman–Crippen MR) is 110 cm³/mol. The molecule has 3 heterocycles. The lowest BCUT2D eigenvalue weighted by molar-refractivity contribution is -0.126. The summed E-state index contributed by atoms with van der Waals surface area (Å²) in [7, 11) is 0. The van der Waals surface area contributed by atoms with Gasteiger partial charge in [-0.3, -0.25) is 9.59 Å². The van der Waals surface area contributed by atoms with Gasteiger partial charge in [0.05, 0.1) is 11.6 Å². The number of para-hydroxylation sites is 1. The van der Waals surface area contributed by atoms with Crippen molar-refractivity contribution >= 4 is 23.3 Å². The maximum atomic E-state index is 12.6. The van der Waals surface area contributed by atoms with E-state index in [0.717, 1.165) is 43.1 Å². The minimum absolute atomic E-state index is 0.0151. The van der Waals surface area contributed by atoms with Gasteiger partial charge in [0, 0.05) is 44.2 Å². The van der Waals surface area contributed by atoms with E-state index >= 15 is 0 Å². The summed E-state index contributed by atoms with van der Waals surface area (Å²) in [6.45, 7) is 2.86. The van der Waals surface area contributed by atoms with Crippen LogP contribution in [0.15, 0.2) is 36.4 Å². The number of nitrogens with zero attached hydrogens (tertiary/aromatic N) is 4. The van der Waals surface area contributed by atoms with E-state index in [9.17, 15) is 9.59 Å². The number of rotatable bonds is 5. The molecule has 7 nitrogen and oxygen atoms in total. The number of amides is 2. The predicted octanol–water partition coefficient (Wildman–Crippen LogP) is 1.57. The molecule has 2 aromatic rings. The molecule has 0 spiro atoms. The summed E-state index contributed by atoms with van der Waals surface area (Å²) in [5.41, 5.74) is 3.34. The third-order valence-corrected chi connectivity index (χ3v) is 6.22. The molecule has 1 aliphatic carbocycles. The quantitative estimate of drug-likeness (QED) is 0.837. The van der Waals surface area contributed by atoms with Gasteiger partial charge in [-0.15, -0.1) is 5.10 Å². The number of benzene rings is 1. The van der Waals surface area contributed by atoms with Gasteiger partial charge in [-0.1, -0.05) is 18.2 Å². The number of aromatic nitrogens is 2. The zero-order valence-corrected chi connectivity index (χ0v) is 16.4. The molecule has 3 aliphatic rings. The topological polar surface area (TPSA) is 78.4 Å². The Hall–Kier alpha value is -2.96. The van der Waals surface area contributed by atoms with E-state index in [1.165, 1.54) is 12.0 Å². The number of aryl methyl sites for hydroxylation is 2. The fourth-order valence-electron chi connectivity index (χ4n) is 4.49. The molecule has 2 saturated heterocycles. The van der Waals surface area contributed by atoms with Gasteiger partial charge in [-0.05, 0) is 43.0 Å². The zero-order valence-electron chi connectivity index (χ0n) is 16.4. The normalized spacial score (nSPS) is 21.2. The molecule has 1 atom stereocenters. The summed E-state index contributed by atoms with van der Waals surface area (Å²) in [5, 5.41) is 11.8. The van der Waals surface area contributed by atoms with E-state index in [0.29, 0.717) is 19.0 Å². The molecule has 7 heteroatoms. The molecule has 0 radical (unpaired) electrons. The number of carbonyl (C=O) groups is 2. The molecule has 1 aromatic carbocycles. The highest BCUT2D eigenvalue weighted by molar-refractivity contribution is 6.00. The molecule has 2 amide bonds. The van der Waals surface area contributed by atoms with Crippen LogP contribution in [0.1, 0.15) is 24.1 Å². The third-order valence-electron chi connectivity index (χ3n) is 6.22. The van der Waals surface area contributed by atoms with Crippen molar-refractivity contribution in [2.75, 3.05) is 36.0 Å². The lowest BCUT2D eigenvalue weighted by atomic mass is 9.99. The van der Waals surface area contributed by atoms with Crippen molar-refractivity contribution in [1.29, 1.82) is 0 Å². The molecular formula is C22H25N5O2. The summed E-state index contributed by atoms with van der Waals surface area (Å²) in [5.74, 6) is 1.08. The summed E-state index contributed by atoms with van der Waals surface area (Å²) in [6, 6.07) is 11.7. The van der Waals surface area contributed by atoms with Crippen LogP contribution >= 0.6 is 0 Å². The van der Waals surface area contributed by atoms with Crippen molar-refractivity contribution in [3.63, 3.8) is 0 Å². The molecule has 150 valence electrons. The Morgan fingerprint density at radius 1 is 1.10 bits per heavy atom. The summed E-state index contributed by atoms with van der Waals surface area (Å²) in [6.07, 6.45) is 3.60. The molecule has 0 saturated carbocycles. The SMILES string of the molecule is O=C(NCC1CN(c2cc3c(nn2)CCC3)C1)C1CC(=O)N(c2ccccc2)C1. The second-order valence-corrected chi connectivity index (χ2v) is 8.29. The van der Waals surface area contributed by atoms with Gasteiger partial charge >= 0.3 is 0 Å². The van der Waals surface area contributed by atoms with E-state index < -0.39 is 0 Å². The summed E-state index contributed by atoms with van der Waals surface area (Å²) < 4.78 is 0. The Labute approximate surface area is 170 Å². The second kappa shape index (κ2) is 7.46. The number of anilines is 2. The van der Waals surface area contributed by atoms with Crippen LogP contribution in [-0.2, 0) is 22.4 Å². The molecule has 0 bridgehead atoms. The van der Waals surface area contributed by atoms with Gasteiger partial charge in [0.15, 0.2) is 5.82 Å². The molecule has 1 aromatic heterocycles. The van der Waals surface area contributed by atoms with Gasteiger partial charge in [-0.25, -0.2) is 0 Å². The smallest absolute Gasteiger partial charge is 0.227 e. The average molecular weight is 391 g/mol. The minimum atomic E-state index is -0.276. The first-order valence-electron chi connectivity index (χ1n) is 10.4. The van der Waals surface area contributed by atoms with Crippen LogP contribution in [0.25, 0.3) is 0 Å². The van der Waals surface area contributed by atoms with Crippen LogP contribution < -0.4 is 15.1 Å². The largest absolute Gasteiger partial charge is 0.355 e. The highest BCUT2D eigenvalue weighted by atomic mass is 16.2. The number of hydrogen-bond acceptors (Lipinski definition) is 5. The highest BCUT2D eigenvalue weighted by Crippen LogP contribution is 2.28. The van der Waals surface area contributed by atoms with Crippen LogP contribution in [0.2, 0.25) is 0 Å². The van der Waals surface area contributed by atoms with Gasteiger partial charge in [0.25, 0.3) is 0 Å². The van der Waals surface area contributed by atoms with E-state index in [-0.39, 0.29) is 24.2 Å². The van der Waals surface area contributed by atoms with Crippen molar-refractivity contribution in [3.8, 4) is 0 Å². The van der Waals surface area contributed by atoms with E-state index in [1.807, 2.05) is 30.3 Å². The Balaban J connectivity index is 1.10. The monoisotopic (exact) mass is 391 g/mol. The van der Waals surface area contributed by atoms with Crippen LogP contribution in [-0.4, -0.2) is 48.2 Å². The van der Waals surface area contributed by atoms with E-state index in [2.05, 4.69) is 26.5 Å². The van der Waals surface area contributed by atoms with Crippen LogP contribution in [0.5, 0.6) is 0 Å². The first-order chi connectivity index (χ1) is 14.2. The Morgan fingerprint density at radius 3 is 2.76 bits per heavy atom. The van der Waals surface area contributed by atoms with Gasteiger partial charge in [-0.2, -0.15) is 5.10 Å². The fraction of sp³-hybridized carbons (Fsp3) is 0.455. The van der Waals surface area contributed by atoms with Crippen LogP contribution in [0.4, 0.5) is 11.5 Å². The summed E-state index contributed by atoms with van der Waals surface area (Å²) in [4.78, 5) is 28.8. The van der Waals surface area contributed by atoms with Crippen LogP contribution in [0.3, 0.4) is 0 Å². The molecule has 2 aliphatic heterocycles. The fourth-order valence-corrected chi connectivity index (χ4v) is 4.49. The number of carbonyl (C=O) groups excluding carboxylic acids is 2. The minimum Gasteiger partial charge on any atom is -0.355 e. The number of nitrogens with one attached hydrogen (secondary N) is 1. The van der Waals surface area contributed by atoms with Gasteiger partial charge in [0.1, 0.15) is 0 Å². The summed E-state index contributed by atoms with van der Waals surface area (Å²) >= 11 is 0. The first-order valence-corrected chi connectivity index (χ1v) is 10.4. The third kappa shape index (κ3) is 3.57. The molecule has 5 rings (SSSR count). The lowest BCUT2D eigenvalue weighted by Gasteiger charge is -2.40. The maximum absolute atomic E-state index is 12.6. The maximum Gasteiger partial charge on any atom is 0.227 e. The molecule has 1 N–H and O–H groups in total. The van der Waals surface area contributed by atoms with Crippen LogP contribution in [0, 0.1) is 11.8 Å². The first kappa shape index (κ1) is 18.1. The highest BCUT2D eigenvalue weighted by Gasteiger charge is 2.36. The zero-order chi connectivity index (χ0) is 19.8. The second-order valence-electron chi connectivity index (χ2n) is 8.29. The molecular weight excluding hydrogens is 366 g/mol. The van der Waals surface area contributed by atoms with Crippen molar-refractivity contribution in [1.82, 2.24) is 15.5 Å². The van der Waals surface area contributed by atoms with Crippen molar-refractivity contribution in [2.45, 2.75) is 25.7 Å². The number of hydrogen-bond donors (Lipinski definition) is 1. The standard InChI is InChI=1S/C22H25N5O2/c28-21-10-17(14-27(21)18-6-2-1-3-7-18)22(29)23-11-15-12-26(13-15)20-9-16-5-4-8-19(16)24-25-20/h1-3,6-7,9,15,17H,4-5,8,10-14H2,(H,23,29). The van der Waals surface area contributed by atoms with Gasteiger partial charge < -0.3 is 15.1 Å². The van der Waals surface area contributed by atoms with Crippen molar-refractivity contribution in [2.24, 2.45) is 11.8 Å². The number of fused-ring (bicyclic) bond motifs is 1. The molecule has 2 fully saturated rings.